The largest absolute Gasteiger partial charge is 0.496 e. The maximum Gasteiger partial charge on any atom is 0.496 e. The molecule has 1 aliphatic heterocycles. The molecule has 0 bridgehead atoms. The van der Waals surface area contributed by atoms with Crippen LogP contribution in [-0.4, -0.2) is 31.4 Å². The monoisotopic (exact) mass is 296 g/mol. The summed E-state index contributed by atoms with van der Waals surface area (Å²) in [5, 5.41) is 0.423. The van der Waals surface area contributed by atoms with E-state index in [1.807, 2.05) is 27.7 Å². The molecular formula is C14H18BClO4. The van der Waals surface area contributed by atoms with Gasteiger partial charge >= 0.3 is 13.1 Å². The van der Waals surface area contributed by atoms with Crippen LogP contribution >= 0.6 is 11.6 Å². The van der Waals surface area contributed by atoms with Crippen molar-refractivity contribution in [1.82, 2.24) is 0 Å². The summed E-state index contributed by atoms with van der Waals surface area (Å²) in [5.74, 6) is -0.424. The Bertz CT molecular complexity index is 526. The van der Waals surface area contributed by atoms with E-state index in [1.165, 1.54) is 7.11 Å². The lowest BCUT2D eigenvalue weighted by atomic mass is 9.78. The highest BCUT2D eigenvalue weighted by atomic mass is 35.5. The first-order chi connectivity index (χ1) is 9.18. The van der Waals surface area contributed by atoms with Crippen molar-refractivity contribution in [2.24, 2.45) is 0 Å². The Balaban J connectivity index is 2.30. The summed E-state index contributed by atoms with van der Waals surface area (Å²) >= 11 is 6.23. The highest BCUT2D eigenvalue weighted by Gasteiger charge is 2.52. The molecule has 0 spiro atoms. The molecular weight excluding hydrogens is 278 g/mol. The molecule has 1 fully saturated rings. The molecule has 0 aliphatic carbocycles. The van der Waals surface area contributed by atoms with E-state index < -0.39 is 24.3 Å². The third-order valence-electron chi connectivity index (χ3n) is 3.93. The highest BCUT2D eigenvalue weighted by Crippen LogP contribution is 2.37. The van der Waals surface area contributed by atoms with E-state index in [0.29, 0.717) is 16.0 Å². The standard InChI is InChI=1S/C14H18BClO4/c1-13(2)14(3,4)20-15(19-13)10-7-6-9(8-11(10)16)12(17)18-5/h6-8H,1-5H3. The Morgan fingerprint density at radius 1 is 1.20 bits per heavy atom. The van der Waals surface area contributed by atoms with Gasteiger partial charge in [0.1, 0.15) is 0 Å². The summed E-state index contributed by atoms with van der Waals surface area (Å²) in [6.45, 7) is 7.90. The molecule has 1 aromatic rings. The molecule has 2 rings (SSSR count). The first kappa shape index (κ1) is 15.4. The summed E-state index contributed by atoms with van der Waals surface area (Å²) < 4.78 is 16.5. The summed E-state index contributed by atoms with van der Waals surface area (Å²) in [6.07, 6.45) is 0. The Hall–Kier alpha value is -1.04. The molecule has 0 N–H and O–H groups in total. The van der Waals surface area contributed by atoms with E-state index in [2.05, 4.69) is 4.74 Å². The fourth-order valence-corrected chi connectivity index (χ4v) is 2.20. The lowest BCUT2D eigenvalue weighted by Gasteiger charge is -2.32. The Morgan fingerprint density at radius 3 is 2.20 bits per heavy atom. The van der Waals surface area contributed by atoms with E-state index in [-0.39, 0.29) is 0 Å². The van der Waals surface area contributed by atoms with Crippen molar-refractivity contribution in [1.29, 1.82) is 0 Å². The molecule has 0 saturated carbocycles. The fourth-order valence-electron chi connectivity index (χ4n) is 1.93. The SMILES string of the molecule is COC(=O)c1ccc(B2OC(C)(C)C(C)(C)O2)c(Cl)c1. The van der Waals surface area contributed by atoms with Gasteiger partial charge in [-0.2, -0.15) is 0 Å². The van der Waals surface area contributed by atoms with Crippen molar-refractivity contribution in [3.8, 4) is 0 Å². The smallest absolute Gasteiger partial charge is 0.465 e. The van der Waals surface area contributed by atoms with Gasteiger partial charge in [-0.25, -0.2) is 4.79 Å². The minimum atomic E-state index is -0.542. The van der Waals surface area contributed by atoms with E-state index in [9.17, 15) is 4.79 Å². The van der Waals surface area contributed by atoms with Gasteiger partial charge in [-0.3, -0.25) is 0 Å². The van der Waals surface area contributed by atoms with Crippen molar-refractivity contribution in [3.05, 3.63) is 28.8 Å². The maximum atomic E-state index is 11.5. The number of ether oxygens (including phenoxy) is 1. The molecule has 0 amide bonds. The Kier molecular flexibility index (Phi) is 3.89. The number of benzene rings is 1. The maximum absolute atomic E-state index is 11.5. The number of hydrogen-bond acceptors (Lipinski definition) is 4. The van der Waals surface area contributed by atoms with Crippen molar-refractivity contribution >= 4 is 30.2 Å². The molecule has 0 atom stereocenters. The van der Waals surface area contributed by atoms with Gasteiger partial charge in [0, 0.05) is 10.5 Å². The van der Waals surface area contributed by atoms with Crippen molar-refractivity contribution < 1.29 is 18.8 Å². The van der Waals surface area contributed by atoms with E-state index in [4.69, 9.17) is 20.9 Å². The van der Waals surface area contributed by atoms with Gasteiger partial charge in [0.25, 0.3) is 0 Å². The number of rotatable bonds is 2. The van der Waals surface area contributed by atoms with E-state index in [1.54, 1.807) is 18.2 Å². The summed E-state index contributed by atoms with van der Waals surface area (Å²) in [4.78, 5) is 11.5. The second-order valence-corrected chi connectivity index (χ2v) is 6.22. The first-order valence-corrected chi connectivity index (χ1v) is 6.79. The number of hydrogen-bond donors (Lipinski definition) is 0. The van der Waals surface area contributed by atoms with Gasteiger partial charge in [0.05, 0.1) is 23.9 Å². The molecule has 6 heteroatoms. The minimum Gasteiger partial charge on any atom is -0.465 e. The normalized spacial score (nSPS) is 20.0. The summed E-state index contributed by atoms with van der Waals surface area (Å²) in [7, 11) is 0.789. The van der Waals surface area contributed by atoms with Gasteiger partial charge in [0.15, 0.2) is 0 Å². The van der Waals surface area contributed by atoms with Gasteiger partial charge in [-0.15, -0.1) is 0 Å². The van der Waals surface area contributed by atoms with Crippen molar-refractivity contribution in [2.75, 3.05) is 7.11 Å². The summed E-state index contributed by atoms with van der Waals surface area (Å²) in [5.41, 5.74) is 0.250. The number of carbonyl (C=O) groups excluding carboxylic acids is 1. The molecule has 20 heavy (non-hydrogen) atoms. The lowest BCUT2D eigenvalue weighted by molar-refractivity contribution is 0.00578. The average molecular weight is 297 g/mol. The second-order valence-electron chi connectivity index (χ2n) is 5.82. The quantitative estimate of drug-likeness (QED) is 0.621. The van der Waals surface area contributed by atoms with Crippen LogP contribution in [0.4, 0.5) is 0 Å². The number of carbonyl (C=O) groups is 1. The molecule has 1 heterocycles. The number of methoxy groups -OCH3 is 1. The first-order valence-electron chi connectivity index (χ1n) is 6.41. The predicted molar refractivity (Wildman–Crippen MR) is 78.5 cm³/mol. The highest BCUT2D eigenvalue weighted by molar-refractivity contribution is 6.65. The van der Waals surface area contributed by atoms with Crippen LogP contribution in [0.5, 0.6) is 0 Å². The number of halogens is 1. The minimum absolute atomic E-state index is 0.401. The zero-order valence-corrected chi connectivity index (χ0v) is 13.1. The zero-order valence-electron chi connectivity index (χ0n) is 12.3. The molecule has 0 radical (unpaired) electrons. The third-order valence-corrected chi connectivity index (χ3v) is 4.26. The van der Waals surface area contributed by atoms with Gasteiger partial charge in [0.2, 0.25) is 0 Å². The summed E-state index contributed by atoms with van der Waals surface area (Å²) in [6, 6.07) is 4.95. The van der Waals surface area contributed by atoms with Gasteiger partial charge in [-0.05, 0) is 39.8 Å². The van der Waals surface area contributed by atoms with Crippen molar-refractivity contribution in [3.63, 3.8) is 0 Å². The van der Waals surface area contributed by atoms with Gasteiger partial charge in [-0.1, -0.05) is 17.7 Å². The predicted octanol–water partition coefficient (Wildman–Crippen LogP) is 2.43. The molecule has 1 aromatic carbocycles. The van der Waals surface area contributed by atoms with Crippen LogP contribution in [0.3, 0.4) is 0 Å². The van der Waals surface area contributed by atoms with E-state index >= 15 is 0 Å². The van der Waals surface area contributed by atoms with Gasteiger partial charge < -0.3 is 14.0 Å². The zero-order chi connectivity index (χ0) is 15.1. The number of esters is 1. The molecule has 4 nitrogen and oxygen atoms in total. The van der Waals surface area contributed by atoms with E-state index in [0.717, 1.165) is 0 Å². The van der Waals surface area contributed by atoms with Crippen LogP contribution in [0.25, 0.3) is 0 Å². The third kappa shape index (κ3) is 2.58. The Labute approximate surface area is 124 Å². The molecule has 108 valence electrons. The molecule has 0 unspecified atom stereocenters. The fraction of sp³-hybridized carbons (Fsp3) is 0.500. The van der Waals surface area contributed by atoms with Crippen LogP contribution in [0, 0.1) is 0 Å². The lowest BCUT2D eigenvalue weighted by Crippen LogP contribution is -2.41. The molecule has 1 aliphatic rings. The Morgan fingerprint density at radius 2 is 1.75 bits per heavy atom. The van der Waals surface area contributed by atoms with Crippen LogP contribution in [-0.2, 0) is 14.0 Å². The van der Waals surface area contributed by atoms with Crippen LogP contribution in [0.2, 0.25) is 5.02 Å². The van der Waals surface area contributed by atoms with Crippen molar-refractivity contribution in [2.45, 2.75) is 38.9 Å². The van der Waals surface area contributed by atoms with Crippen LogP contribution in [0.1, 0.15) is 38.1 Å². The molecule has 1 saturated heterocycles. The topological polar surface area (TPSA) is 44.8 Å². The second kappa shape index (κ2) is 5.06. The average Bonchev–Trinajstić information content (AvgIpc) is 2.57. The molecule has 0 aromatic heterocycles. The van der Waals surface area contributed by atoms with Crippen LogP contribution < -0.4 is 5.46 Å². The van der Waals surface area contributed by atoms with Crippen LogP contribution in [0.15, 0.2) is 18.2 Å².